The second kappa shape index (κ2) is 5.09. The van der Waals surface area contributed by atoms with Gasteiger partial charge in [0, 0.05) is 29.1 Å². The summed E-state index contributed by atoms with van der Waals surface area (Å²) in [6.45, 7) is 6.17. The first-order valence-electron chi connectivity index (χ1n) is 6.21. The Kier molecular flexibility index (Phi) is 3.91. The third-order valence-corrected chi connectivity index (χ3v) is 3.44. The zero-order valence-corrected chi connectivity index (χ0v) is 12.2. The molecule has 1 aromatic rings. The molecule has 1 aliphatic carbocycles. The molecule has 94 valence electrons. The van der Waals surface area contributed by atoms with E-state index in [0.29, 0.717) is 0 Å². The van der Waals surface area contributed by atoms with Gasteiger partial charge in [-0.25, -0.2) is 0 Å². The van der Waals surface area contributed by atoms with Gasteiger partial charge in [0.15, 0.2) is 0 Å². The van der Waals surface area contributed by atoms with Crippen LogP contribution in [0.1, 0.15) is 32.3 Å². The van der Waals surface area contributed by atoms with Crippen LogP contribution in [0.25, 0.3) is 0 Å². The zero-order chi connectivity index (χ0) is 12.5. The molecule has 0 saturated heterocycles. The average molecular weight is 297 g/mol. The summed E-state index contributed by atoms with van der Waals surface area (Å²) >= 11 is 3.52. The van der Waals surface area contributed by atoms with Crippen molar-refractivity contribution in [2.75, 3.05) is 6.54 Å². The minimum Gasteiger partial charge on any atom is -0.324 e. The van der Waals surface area contributed by atoms with Crippen molar-refractivity contribution in [3.8, 4) is 0 Å². The molecule has 0 aromatic heterocycles. The summed E-state index contributed by atoms with van der Waals surface area (Å²) in [7, 11) is 0. The van der Waals surface area contributed by atoms with Gasteiger partial charge >= 0.3 is 0 Å². The van der Waals surface area contributed by atoms with Crippen molar-refractivity contribution in [2.45, 2.75) is 44.8 Å². The summed E-state index contributed by atoms with van der Waals surface area (Å²) in [4.78, 5) is 2.52. The molecule has 0 unspecified atom stereocenters. The Morgan fingerprint density at radius 3 is 2.65 bits per heavy atom. The summed E-state index contributed by atoms with van der Waals surface area (Å²) < 4.78 is 1.15. The lowest BCUT2D eigenvalue weighted by Crippen LogP contribution is -2.45. The highest BCUT2D eigenvalue weighted by atomic mass is 79.9. The smallest absolute Gasteiger partial charge is 0.0237 e. The van der Waals surface area contributed by atoms with Gasteiger partial charge in [0.2, 0.25) is 0 Å². The van der Waals surface area contributed by atoms with Crippen LogP contribution in [0.3, 0.4) is 0 Å². The van der Waals surface area contributed by atoms with Crippen LogP contribution in [0.15, 0.2) is 28.7 Å². The van der Waals surface area contributed by atoms with Crippen molar-refractivity contribution in [2.24, 2.45) is 5.73 Å². The Labute approximate surface area is 112 Å². The number of benzene rings is 1. The first-order chi connectivity index (χ1) is 7.94. The van der Waals surface area contributed by atoms with Gasteiger partial charge in [0.05, 0.1) is 0 Å². The van der Waals surface area contributed by atoms with Gasteiger partial charge in [-0.1, -0.05) is 28.1 Å². The van der Waals surface area contributed by atoms with Gasteiger partial charge < -0.3 is 5.73 Å². The van der Waals surface area contributed by atoms with Crippen molar-refractivity contribution in [1.82, 2.24) is 4.90 Å². The maximum absolute atomic E-state index is 6.13. The van der Waals surface area contributed by atoms with Gasteiger partial charge in [0.1, 0.15) is 0 Å². The number of hydrogen-bond donors (Lipinski definition) is 1. The summed E-state index contributed by atoms with van der Waals surface area (Å²) in [6.07, 6.45) is 2.65. The Bertz CT molecular complexity index is 380. The fourth-order valence-corrected chi connectivity index (χ4v) is 2.59. The van der Waals surface area contributed by atoms with Crippen LogP contribution >= 0.6 is 15.9 Å². The van der Waals surface area contributed by atoms with Crippen LogP contribution in [0.4, 0.5) is 0 Å². The molecule has 17 heavy (non-hydrogen) atoms. The van der Waals surface area contributed by atoms with Crippen LogP contribution in [0, 0.1) is 0 Å². The van der Waals surface area contributed by atoms with E-state index in [9.17, 15) is 0 Å². The van der Waals surface area contributed by atoms with Crippen LogP contribution in [-0.2, 0) is 6.54 Å². The predicted molar refractivity (Wildman–Crippen MR) is 75.8 cm³/mol. The molecule has 0 bridgehead atoms. The van der Waals surface area contributed by atoms with E-state index in [0.717, 1.165) is 23.6 Å². The SMILES string of the molecule is CC(C)(N)CN(Cc1cccc(Br)c1)C1CC1. The van der Waals surface area contributed by atoms with E-state index in [1.807, 2.05) is 0 Å². The monoisotopic (exact) mass is 296 g/mol. The third-order valence-electron chi connectivity index (χ3n) is 2.95. The van der Waals surface area contributed by atoms with Crippen LogP contribution < -0.4 is 5.73 Å². The van der Waals surface area contributed by atoms with Crippen molar-refractivity contribution in [1.29, 1.82) is 0 Å². The summed E-state index contributed by atoms with van der Waals surface area (Å²) in [5.41, 5.74) is 7.38. The minimum atomic E-state index is -0.116. The number of nitrogens with two attached hydrogens (primary N) is 1. The molecule has 2 nitrogen and oxygen atoms in total. The summed E-state index contributed by atoms with van der Waals surface area (Å²) in [5, 5.41) is 0. The second-order valence-electron chi connectivity index (χ2n) is 5.75. The van der Waals surface area contributed by atoms with E-state index in [1.165, 1.54) is 18.4 Å². The largest absolute Gasteiger partial charge is 0.324 e. The van der Waals surface area contributed by atoms with Gasteiger partial charge in [-0.15, -0.1) is 0 Å². The maximum Gasteiger partial charge on any atom is 0.0237 e. The number of nitrogens with zero attached hydrogens (tertiary/aromatic N) is 1. The van der Waals surface area contributed by atoms with Crippen LogP contribution in [-0.4, -0.2) is 23.0 Å². The lowest BCUT2D eigenvalue weighted by atomic mass is 10.1. The van der Waals surface area contributed by atoms with E-state index in [4.69, 9.17) is 5.73 Å². The Morgan fingerprint density at radius 2 is 2.12 bits per heavy atom. The van der Waals surface area contributed by atoms with Crippen molar-refractivity contribution in [3.05, 3.63) is 34.3 Å². The molecule has 1 fully saturated rings. The Hall–Kier alpha value is -0.380. The fraction of sp³-hybridized carbons (Fsp3) is 0.571. The quantitative estimate of drug-likeness (QED) is 0.904. The topological polar surface area (TPSA) is 29.3 Å². The summed E-state index contributed by atoms with van der Waals surface area (Å²) in [6, 6.07) is 9.29. The van der Waals surface area contributed by atoms with Crippen molar-refractivity contribution in [3.63, 3.8) is 0 Å². The highest BCUT2D eigenvalue weighted by Gasteiger charge is 2.31. The third kappa shape index (κ3) is 4.41. The molecule has 0 spiro atoms. The van der Waals surface area contributed by atoms with E-state index >= 15 is 0 Å². The predicted octanol–water partition coefficient (Wildman–Crippen LogP) is 3.15. The minimum absolute atomic E-state index is 0.116. The maximum atomic E-state index is 6.13. The molecule has 1 saturated carbocycles. The normalized spacial score (nSPS) is 16.5. The van der Waals surface area contributed by atoms with Gasteiger partial charge in [-0.3, -0.25) is 4.90 Å². The molecular formula is C14H21BrN2. The van der Waals surface area contributed by atoms with Crippen LogP contribution in [0.2, 0.25) is 0 Å². The number of halogens is 1. The average Bonchev–Trinajstić information content (AvgIpc) is 2.97. The molecule has 1 aliphatic rings. The first kappa shape index (κ1) is 13.1. The standard InChI is InChI=1S/C14H21BrN2/c1-14(2,16)10-17(13-6-7-13)9-11-4-3-5-12(15)8-11/h3-5,8,13H,6-7,9-10,16H2,1-2H3. The van der Waals surface area contributed by atoms with Crippen molar-refractivity contribution >= 4 is 15.9 Å². The molecule has 0 heterocycles. The highest BCUT2D eigenvalue weighted by Crippen LogP contribution is 2.29. The lowest BCUT2D eigenvalue weighted by Gasteiger charge is -2.30. The van der Waals surface area contributed by atoms with Gasteiger partial charge in [0.25, 0.3) is 0 Å². The lowest BCUT2D eigenvalue weighted by molar-refractivity contribution is 0.208. The molecule has 2 rings (SSSR count). The highest BCUT2D eigenvalue weighted by molar-refractivity contribution is 9.10. The van der Waals surface area contributed by atoms with E-state index in [2.05, 4.69) is 58.9 Å². The molecule has 2 N–H and O–H groups in total. The van der Waals surface area contributed by atoms with Crippen LogP contribution in [0.5, 0.6) is 0 Å². The molecule has 0 atom stereocenters. The van der Waals surface area contributed by atoms with E-state index in [1.54, 1.807) is 0 Å². The Balaban J connectivity index is 2.02. The zero-order valence-electron chi connectivity index (χ0n) is 10.6. The second-order valence-corrected chi connectivity index (χ2v) is 6.67. The number of hydrogen-bond acceptors (Lipinski definition) is 2. The molecular weight excluding hydrogens is 276 g/mol. The molecule has 0 aliphatic heterocycles. The van der Waals surface area contributed by atoms with Gasteiger partial charge in [-0.2, -0.15) is 0 Å². The molecule has 1 aromatic carbocycles. The summed E-state index contributed by atoms with van der Waals surface area (Å²) in [5.74, 6) is 0. The molecule has 3 heteroatoms. The van der Waals surface area contributed by atoms with Crippen molar-refractivity contribution < 1.29 is 0 Å². The molecule has 0 amide bonds. The number of rotatable bonds is 5. The van der Waals surface area contributed by atoms with Gasteiger partial charge in [-0.05, 0) is 44.4 Å². The Morgan fingerprint density at radius 1 is 1.41 bits per heavy atom. The van der Waals surface area contributed by atoms with E-state index < -0.39 is 0 Å². The fourth-order valence-electron chi connectivity index (χ4n) is 2.15. The molecule has 0 radical (unpaired) electrons. The first-order valence-corrected chi connectivity index (χ1v) is 7.01. The van der Waals surface area contributed by atoms with E-state index in [-0.39, 0.29) is 5.54 Å².